The maximum absolute atomic E-state index is 12.1. The Kier molecular flexibility index (Phi) is 4.81. The Labute approximate surface area is 166 Å². The molecule has 4 rings (SSSR count). The van der Waals surface area contributed by atoms with Gasteiger partial charge in [0.1, 0.15) is 21.9 Å². The van der Waals surface area contributed by atoms with Crippen LogP contribution in [0.1, 0.15) is 0 Å². The van der Waals surface area contributed by atoms with Crippen LogP contribution in [0.4, 0.5) is 0 Å². The number of carbonyl (C=O) groups excluding carboxylic acids is 1. The van der Waals surface area contributed by atoms with E-state index in [-0.39, 0.29) is 22.4 Å². The Morgan fingerprint density at radius 2 is 2.26 bits per heavy atom. The number of β-lactam (4-membered cyclic amide) rings is 1. The minimum atomic E-state index is -1.15. The molecule has 0 spiro atoms. The number of amides is 1. The molecule has 3 N–H and O–H groups in total. The van der Waals surface area contributed by atoms with Crippen LogP contribution in [-0.2, 0) is 9.59 Å². The molecular formula is C17H13N3O4S3. The van der Waals surface area contributed by atoms with Gasteiger partial charge in [-0.2, -0.15) is 0 Å². The first-order valence-electron chi connectivity index (χ1n) is 7.86. The van der Waals surface area contributed by atoms with Gasteiger partial charge in [-0.05, 0) is 29.2 Å². The molecule has 2 atom stereocenters. The van der Waals surface area contributed by atoms with Crippen LogP contribution in [0.15, 0.2) is 56.2 Å². The number of aliphatic carboxylic acids is 1. The van der Waals surface area contributed by atoms with Gasteiger partial charge in [0.2, 0.25) is 5.91 Å². The summed E-state index contributed by atoms with van der Waals surface area (Å²) in [4.78, 5) is 41.8. The summed E-state index contributed by atoms with van der Waals surface area (Å²) in [5.74, 6) is -1.07. The van der Waals surface area contributed by atoms with Gasteiger partial charge in [-0.25, -0.2) is 9.78 Å². The standard InChI is InChI=1S/C17H13N3O4S3/c18-12-15(22)20-13(17(23)24)8(7-26-16(12)20)3-5-25-11-6-10(21)9-2-1-4-19-14(9)27-11/h1-6,12,16H,7,18H2,(H,23,24)/b5-3+. The highest BCUT2D eigenvalue weighted by Crippen LogP contribution is 2.40. The highest BCUT2D eigenvalue weighted by atomic mass is 32.2. The third-order valence-corrected chi connectivity index (χ3v) is 7.50. The molecule has 0 saturated carbocycles. The molecule has 138 valence electrons. The zero-order valence-electron chi connectivity index (χ0n) is 13.7. The van der Waals surface area contributed by atoms with E-state index in [1.807, 2.05) is 0 Å². The molecule has 1 amide bonds. The number of rotatable bonds is 4. The number of nitrogens with zero attached hydrogens (tertiary/aromatic N) is 2. The predicted octanol–water partition coefficient (Wildman–Crippen LogP) is 1.84. The lowest BCUT2D eigenvalue weighted by atomic mass is 10.0. The van der Waals surface area contributed by atoms with Crippen molar-refractivity contribution >= 4 is 57.0 Å². The molecule has 0 aliphatic carbocycles. The summed E-state index contributed by atoms with van der Waals surface area (Å²) < 4.78 is 0.753. The second-order valence-electron chi connectivity index (χ2n) is 5.82. The van der Waals surface area contributed by atoms with E-state index in [2.05, 4.69) is 4.98 Å². The van der Waals surface area contributed by atoms with E-state index >= 15 is 0 Å². The number of carboxylic acid groups (broad SMARTS) is 1. The third-order valence-electron chi connectivity index (χ3n) is 4.18. The van der Waals surface area contributed by atoms with E-state index in [0.29, 0.717) is 21.5 Å². The topological polar surface area (TPSA) is 114 Å². The first-order chi connectivity index (χ1) is 13.0. The number of pyridine rings is 1. The van der Waals surface area contributed by atoms with Crippen LogP contribution in [-0.4, -0.2) is 44.0 Å². The Bertz CT molecular complexity index is 1080. The lowest BCUT2D eigenvalue weighted by Crippen LogP contribution is -2.68. The van der Waals surface area contributed by atoms with Crippen LogP contribution in [0.25, 0.3) is 10.2 Å². The summed E-state index contributed by atoms with van der Waals surface area (Å²) in [6.07, 6.45) is 3.31. The molecule has 27 heavy (non-hydrogen) atoms. The highest BCUT2D eigenvalue weighted by molar-refractivity contribution is 8.04. The summed E-state index contributed by atoms with van der Waals surface area (Å²) in [6.45, 7) is 0. The number of hydrogen-bond acceptors (Lipinski definition) is 8. The quantitative estimate of drug-likeness (QED) is 0.570. The minimum Gasteiger partial charge on any atom is -0.477 e. The summed E-state index contributed by atoms with van der Waals surface area (Å²) in [6, 6.07) is 4.35. The average molecular weight is 420 g/mol. The van der Waals surface area contributed by atoms with Crippen molar-refractivity contribution in [3.63, 3.8) is 0 Å². The van der Waals surface area contributed by atoms with Gasteiger partial charge >= 0.3 is 5.97 Å². The van der Waals surface area contributed by atoms with Gasteiger partial charge in [-0.15, -0.1) is 23.1 Å². The van der Waals surface area contributed by atoms with Crippen LogP contribution < -0.4 is 11.2 Å². The lowest BCUT2D eigenvalue weighted by molar-refractivity contribution is -0.147. The van der Waals surface area contributed by atoms with E-state index in [1.165, 1.54) is 39.8 Å². The van der Waals surface area contributed by atoms with Gasteiger partial charge < -0.3 is 10.8 Å². The molecule has 2 aliphatic heterocycles. The number of allylic oxidation sites excluding steroid dienone is 1. The van der Waals surface area contributed by atoms with Gasteiger partial charge in [0.05, 0.1) is 9.60 Å². The first-order valence-corrected chi connectivity index (χ1v) is 10.6. The van der Waals surface area contributed by atoms with Crippen molar-refractivity contribution in [1.29, 1.82) is 0 Å². The highest BCUT2D eigenvalue weighted by Gasteiger charge is 2.51. The van der Waals surface area contributed by atoms with Crippen molar-refractivity contribution in [1.82, 2.24) is 9.88 Å². The van der Waals surface area contributed by atoms with Crippen LogP contribution >= 0.6 is 34.9 Å². The number of thioether (sulfide) groups is 2. The summed E-state index contributed by atoms with van der Waals surface area (Å²) in [5.41, 5.74) is 6.16. The van der Waals surface area contributed by atoms with Gasteiger partial charge in [0.15, 0.2) is 5.43 Å². The van der Waals surface area contributed by atoms with Gasteiger partial charge in [0, 0.05) is 18.0 Å². The molecule has 2 aliphatic rings. The molecule has 1 saturated heterocycles. The number of hydrogen-bond donors (Lipinski definition) is 2. The van der Waals surface area contributed by atoms with Gasteiger partial charge in [0.25, 0.3) is 0 Å². The fraction of sp³-hybridized carbons (Fsp3) is 0.176. The fourth-order valence-corrected chi connectivity index (χ4v) is 6.03. The van der Waals surface area contributed by atoms with Crippen molar-refractivity contribution < 1.29 is 14.7 Å². The second kappa shape index (κ2) is 7.12. The van der Waals surface area contributed by atoms with Crippen LogP contribution in [0.2, 0.25) is 0 Å². The third kappa shape index (κ3) is 3.18. The van der Waals surface area contributed by atoms with E-state index in [9.17, 15) is 19.5 Å². The van der Waals surface area contributed by atoms with Crippen molar-refractivity contribution in [2.24, 2.45) is 5.73 Å². The zero-order valence-corrected chi connectivity index (χ0v) is 16.1. The summed E-state index contributed by atoms with van der Waals surface area (Å²) >= 11 is 4.15. The van der Waals surface area contributed by atoms with E-state index in [1.54, 1.807) is 35.9 Å². The largest absolute Gasteiger partial charge is 0.477 e. The Morgan fingerprint density at radius 3 is 3.04 bits per heavy atom. The fourth-order valence-electron chi connectivity index (χ4n) is 2.88. The summed E-state index contributed by atoms with van der Waals surface area (Å²) in [7, 11) is 0. The van der Waals surface area contributed by atoms with Crippen LogP contribution in [0, 0.1) is 0 Å². The maximum atomic E-state index is 12.1. The zero-order chi connectivity index (χ0) is 19.1. The molecule has 1 fully saturated rings. The average Bonchev–Trinajstić information content (AvgIpc) is 2.66. The Morgan fingerprint density at radius 1 is 1.44 bits per heavy atom. The smallest absolute Gasteiger partial charge is 0.352 e. The molecule has 7 nitrogen and oxygen atoms in total. The SMILES string of the molecule is NC1C(=O)N2C(C(=O)O)=C(/C=C/Sc3cc(=O)c4cccnc4s3)CSC12. The molecule has 0 radical (unpaired) electrons. The molecule has 2 aromatic rings. The summed E-state index contributed by atoms with van der Waals surface area (Å²) in [5, 5.41) is 11.5. The van der Waals surface area contributed by atoms with Crippen molar-refractivity contribution in [3.8, 4) is 0 Å². The number of fused-ring (bicyclic) bond motifs is 2. The molecule has 2 unspecified atom stereocenters. The van der Waals surface area contributed by atoms with Gasteiger partial charge in [-0.1, -0.05) is 11.8 Å². The normalized spacial score (nSPS) is 22.3. The lowest BCUT2D eigenvalue weighted by Gasteiger charge is -2.47. The van der Waals surface area contributed by atoms with Crippen molar-refractivity contribution in [3.05, 3.63) is 57.4 Å². The minimum absolute atomic E-state index is 0.0179. The number of carboxylic acids is 1. The number of carbonyl (C=O) groups is 2. The van der Waals surface area contributed by atoms with E-state index in [4.69, 9.17) is 5.73 Å². The maximum Gasteiger partial charge on any atom is 0.352 e. The Balaban J connectivity index is 1.60. The number of aromatic nitrogens is 1. The molecule has 0 bridgehead atoms. The van der Waals surface area contributed by atoms with Crippen molar-refractivity contribution in [2.45, 2.75) is 15.6 Å². The molecular weight excluding hydrogens is 406 g/mol. The molecule has 2 aromatic heterocycles. The monoisotopic (exact) mass is 419 g/mol. The molecule has 4 heterocycles. The van der Waals surface area contributed by atoms with Crippen molar-refractivity contribution in [2.75, 3.05) is 5.75 Å². The van der Waals surface area contributed by atoms with Crippen LogP contribution in [0.5, 0.6) is 0 Å². The van der Waals surface area contributed by atoms with Gasteiger partial charge in [-0.3, -0.25) is 14.5 Å². The predicted molar refractivity (Wildman–Crippen MR) is 107 cm³/mol. The second-order valence-corrected chi connectivity index (χ2v) is 9.16. The molecule has 0 aromatic carbocycles. The number of nitrogens with two attached hydrogens (primary N) is 1. The first kappa shape index (κ1) is 18.2. The Hall–Kier alpha value is -2.14. The van der Waals surface area contributed by atoms with Crippen LogP contribution in [0.3, 0.4) is 0 Å². The molecule has 10 heteroatoms. The van der Waals surface area contributed by atoms with E-state index < -0.39 is 12.0 Å². The van der Waals surface area contributed by atoms with E-state index in [0.717, 1.165) is 4.21 Å².